The molecule has 0 bridgehead atoms. The zero-order valence-corrected chi connectivity index (χ0v) is 6.87. The molecule has 0 aliphatic rings. The lowest BCUT2D eigenvalue weighted by atomic mass is 10.2. The van der Waals surface area contributed by atoms with E-state index in [1.54, 1.807) is 0 Å². The lowest BCUT2D eigenvalue weighted by molar-refractivity contribution is -0.138. The summed E-state index contributed by atoms with van der Waals surface area (Å²) in [4.78, 5) is 3.50. The van der Waals surface area contributed by atoms with Gasteiger partial charge in [0.15, 0.2) is 0 Å². The number of aromatic nitrogens is 1. The Kier molecular flexibility index (Phi) is 2.28. The Morgan fingerprint density at radius 1 is 1.42 bits per heavy atom. The van der Waals surface area contributed by atoms with Crippen molar-refractivity contribution in [1.29, 1.82) is 0 Å². The van der Waals surface area contributed by atoms with Crippen LogP contribution in [-0.2, 0) is 6.18 Å². The molecule has 0 spiro atoms. The number of aryl methyl sites for hydroxylation is 1. The molecule has 12 heavy (non-hydrogen) atoms. The van der Waals surface area contributed by atoms with E-state index in [2.05, 4.69) is 4.98 Å². The fraction of sp³-hybridized carbons (Fsp3) is 0.286. The van der Waals surface area contributed by atoms with Crippen molar-refractivity contribution >= 4 is 11.6 Å². The fourth-order valence-electron chi connectivity index (χ4n) is 0.876. The van der Waals surface area contributed by atoms with Crippen molar-refractivity contribution in [1.82, 2.24) is 4.98 Å². The highest BCUT2D eigenvalue weighted by Crippen LogP contribution is 2.35. The minimum Gasteiger partial charge on any atom is -0.261 e. The van der Waals surface area contributed by atoms with Gasteiger partial charge in [-0.3, -0.25) is 4.98 Å². The van der Waals surface area contributed by atoms with Gasteiger partial charge in [-0.2, -0.15) is 13.2 Å². The lowest BCUT2D eigenvalue weighted by Crippen LogP contribution is -2.09. The molecule has 0 aromatic carbocycles. The van der Waals surface area contributed by atoms with Crippen LogP contribution in [0.4, 0.5) is 13.2 Å². The van der Waals surface area contributed by atoms with E-state index < -0.39 is 11.7 Å². The minimum atomic E-state index is -4.42. The third kappa shape index (κ3) is 1.69. The fourth-order valence-corrected chi connectivity index (χ4v) is 1.18. The van der Waals surface area contributed by atoms with Crippen molar-refractivity contribution in [2.24, 2.45) is 0 Å². The molecule has 5 heteroatoms. The van der Waals surface area contributed by atoms with Crippen LogP contribution in [0, 0.1) is 6.92 Å². The van der Waals surface area contributed by atoms with Crippen LogP contribution in [0.15, 0.2) is 12.3 Å². The Balaban J connectivity index is 3.31. The SMILES string of the molecule is Cc1nccc(Cl)c1C(F)(F)F. The van der Waals surface area contributed by atoms with Gasteiger partial charge in [-0.25, -0.2) is 0 Å². The second kappa shape index (κ2) is 2.94. The van der Waals surface area contributed by atoms with Gasteiger partial charge < -0.3 is 0 Å². The lowest BCUT2D eigenvalue weighted by Gasteiger charge is -2.10. The molecule has 0 saturated carbocycles. The van der Waals surface area contributed by atoms with Gasteiger partial charge in [-0.05, 0) is 13.0 Å². The van der Waals surface area contributed by atoms with Gasteiger partial charge in [0.05, 0.1) is 16.3 Å². The van der Waals surface area contributed by atoms with Crippen molar-refractivity contribution in [3.63, 3.8) is 0 Å². The summed E-state index contributed by atoms with van der Waals surface area (Å²) in [5.41, 5.74) is -0.957. The van der Waals surface area contributed by atoms with E-state index in [0.29, 0.717) is 0 Å². The molecule has 1 aromatic rings. The van der Waals surface area contributed by atoms with Crippen molar-refractivity contribution in [3.8, 4) is 0 Å². The van der Waals surface area contributed by atoms with Gasteiger partial charge in [0.25, 0.3) is 0 Å². The standard InChI is InChI=1S/C7H5ClF3N/c1-4-6(7(9,10)11)5(8)2-3-12-4/h2-3H,1H3. The van der Waals surface area contributed by atoms with Gasteiger partial charge in [-0.1, -0.05) is 11.6 Å². The number of nitrogens with zero attached hydrogens (tertiary/aromatic N) is 1. The van der Waals surface area contributed by atoms with Crippen LogP contribution in [0.5, 0.6) is 0 Å². The minimum absolute atomic E-state index is 0.102. The highest BCUT2D eigenvalue weighted by atomic mass is 35.5. The first-order chi connectivity index (χ1) is 5.43. The second-order valence-corrected chi connectivity index (χ2v) is 2.66. The Labute approximate surface area is 72.2 Å². The van der Waals surface area contributed by atoms with Crippen LogP contribution in [0.3, 0.4) is 0 Å². The van der Waals surface area contributed by atoms with Crippen molar-refractivity contribution < 1.29 is 13.2 Å². The molecule has 0 radical (unpaired) electrons. The van der Waals surface area contributed by atoms with Crippen LogP contribution in [0.25, 0.3) is 0 Å². The van der Waals surface area contributed by atoms with Crippen molar-refractivity contribution in [2.45, 2.75) is 13.1 Å². The molecule has 0 aliphatic heterocycles. The summed E-state index contributed by atoms with van der Waals surface area (Å²) in [5.74, 6) is 0. The van der Waals surface area contributed by atoms with Gasteiger partial charge in [0.1, 0.15) is 0 Å². The zero-order chi connectivity index (χ0) is 9.35. The maximum atomic E-state index is 12.2. The molecule has 0 aliphatic carbocycles. The number of pyridine rings is 1. The van der Waals surface area contributed by atoms with E-state index in [1.165, 1.54) is 13.1 Å². The summed E-state index contributed by atoms with van der Waals surface area (Å²) >= 11 is 5.35. The summed E-state index contributed by atoms with van der Waals surface area (Å²) in [7, 11) is 0. The summed E-state index contributed by atoms with van der Waals surface area (Å²) in [6.07, 6.45) is -3.18. The first-order valence-corrected chi connectivity index (χ1v) is 3.49. The van der Waals surface area contributed by atoms with Gasteiger partial charge in [-0.15, -0.1) is 0 Å². The summed E-state index contributed by atoms with van der Waals surface area (Å²) in [5, 5.41) is -0.310. The molecule has 0 N–H and O–H groups in total. The second-order valence-electron chi connectivity index (χ2n) is 2.25. The molecule has 1 aromatic heterocycles. The average molecular weight is 196 g/mol. The number of alkyl halides is 3. The average Bonchev–Trinajstić information content (AvgIpc) is 1.82. The molecule has 0 saturated heterocycles. The van der Waals surface area contributed by atoms with Gasteiger partial charge in [0.2, 0.25) is 0 Å². The molecule has 66 valence electrons. The topological polar surface area (TPSA) is 12.9 Å². The van der Waals surface area contributed by atoms with E-state index in [1.807, 2.05) is 0 Å². The molecule has 1 nitrogen and oxygen atoms in total. The molecule has 0 fully saturated rings. The van der Waals surface area contributed by atoms with E-state index >= 15 is 0 Å². The summed E-state index contributed by atoms with van der Waals surface area (Å²) in [6, 6.07) is 1.12. The van der Waals surface area contributed by atoms with Crippen LogP contribution in [0.1, 0.15) is 11.3 Å². The van der Waals surface area contributed by atoms with Crippen LogP contribution >= 0.6 is 11.6 Å². The largest absolute Gasteiger partial charge is 0.419 e. The highest BCUT2D eigenvalue weighted by molar-refractivity contribution is 6.31. The number of hydrogen-bond donors (Lipinski definition) is 0. The molecule has 0 unspecified atom stereocenters. The first-order valence-electron chi connectivity index (χ1n) is 3.11. The van der Waals surface area contributed by atoms with Crippen LogP contribution in [-0.4, -0.2) is 4.98 Å². The van der Waals surface area contributed by atoms with E-state index in [0.717, 1.165) is 6.07 Å². The monoisotopic (exact) mass is 195 g/mol. The zero-order valence-electron chi connectivity index (χ0n) is 6.11. The Morgan fingerprint density at radius 2 is 2.00 bits per heavy atom. The Morgan fingerprint density at radius 3 is 2.33 bits per heavy atom. The molecule has 1 heterocycles. The number of hydrogen-bond acceptors (Lipinski definition) is 1. The highest BCUT2D eigenvalue weighted by Gasteiger charge is 2.35. The molecule has 0 atom stereocenters. The van der Waals surface area contributed by atoms with E-state index in [-0.39, 0.29) is 10.7 Å². The van der Waals surface area contributed by atoms with Gasteiger partial charge >= 0.3 is 6.18 Å². The summed E-state index contributed by atoms with van der Waals surface area (Å²) < 4.78 is 36.6. The maximum Gasteiger partial charge on any atom is 0.419 e. The van der Waals surface area contributed by atoms with Crippen molar-refractivity contribution in [3.05, 3.63) is 28.5 Å². The van der Waals surface area contributed by atoms with Crippen molar-refractivity contribution in [2.75, 3.05) is 0 Å². The van der Waals surface area contributed by atoms with Crippen LogP contribution < -0.4 is 0 Å². The molecule has 0 amide bonds. The predicted molar refractivity (Wildman–Crippen MR) is 39.0 cm³/mol. The normalized spacial score (nSPS) is 11.8. The third-order valence-electron chi connectivity index (χ3n) is 1.37. The maximum absolute atomic E-state index is 12.2. The van der Waals surface area contributed by atoms with E-state index in [4.69, 9.17) is 11.6 Å². The molecular formula is C7H5ClF3N. The Hall–Kier alpha value is -0.770. The Bertz CT molecular complexity index is 275. The smallest absolute Gasteiger partial charge is 0.261 e. The number of halogens is 4. The number of rotatable bonds is 0. The first kappa shape index (κ1) is 9.32. The summed E-state index contributed by atoms with van der Waals surface area (Å²) in [6.45, 7) is 1.27. The predicted octanol–water partition coefficient (Wildman–Crippen LogP) is 3.06. The quantitative estimate of drug-likeness (QED) is 0.620. The molecular weight excluding hydrogens is 191 g/mol. The third-order valence-corrected chi connectivity index (χ3v) is 1.69. The molecule has 1 rings (SSSR count). The van der Waals surface area contributed by atoms with E-state index in [9.17, 15) is 13.2 Å². The van der Waals surface area contributed by atoms with Crippen LogP contribution in [0.2, 0.25) is 5.02 Å². The van der Waals surface area contributed by atoms with Gasteiger partial charge in [0, 0.05) is 6.20 Å².